The third-order valence-corrected chi connectivity index (χ3v) is 5.39. The summed E-state index contributed by atoms with van der Waals surface area (Å²) in [6.07, 6.45) is -0.481. The van der Waals surface area contributed by atoms with Crippen molar-refractivity contribution in [2.75, 3.05) is 6.61 Å². The molecule has 1 heterocycles. The molecule has 2 N–H and O–H groups in total. The van der Waals surface area contributed by atoms with Gasteiger partial charge in [-0.3, -0.25) is 9.35 Å². The normalized spacial score (nSPS) is 36.3. The van der Waals surface area contributed by atoms with Crippen LogP contribution in [0.3, 0.4) is 0 Å². The molecular formula is C11H13F2NO7S. The minimum absolute atomic E-state index is 0.00100. The number of carbonyl (C=O) groups excluding carboxylic acids is 2. The van der Waals surface area contributed by atoms with Gasteiger partial charge in [0, 0.05) is 5.92 Å². The van der Waals surface area contributed by atoms with Crippen LogP contribution in [0.5, 0.6) is 0 Å². The van der Waals surface area contributed by atoms with Gasteiger partial charge in [0.25, 0.3) is 0 Å². The number of ether oxygens (including phenoxy) is 2. The number of alkyl halides is 2. The summed E-state index contributed by atoms with van der Waals surface area (Å²) in [5.74, 6) is -0.454. The van der Waals surface area contributed by atoms with Crippen LogP contribution in [-0.4, -0.2) is 49.0 Å². The summed E-state index contributed by atoms with van der Waals surface area (Å²) >= 11 is 0. The van der Waals surface area contributed by atoms with Crippen LogP contribution >= 0.6 is 0 Å². The molecule has 11 heteroatoms. The van der Waals surface area contributed by atoms with E-state index in [1.165, 1.54) is 0 Å². The molecule has 5 unspecified atom stereocenters. The average Bonchev–Trinajstić information content (AvgIpc) is 3.00. The maximum absolute atomic E-state index is 12.9. The van der Waals surface area contributed by atoms with Crippen LogP contribution in [0, 0.1) is 17.8 Å². The van der Waals surface area contributed by atoms with E-state index in [4.69, 9.17) is 9.29 Å². The summed E-state index contributed by atoms with van der Waals surface area (Å²) in [5.41, 5.74) is 0. The van der Waals surface area contributed by atoms with E-state index in [2.05, 4.69) is 10.1 Å². The molecule has 3 fully saturated rings. The molecule has 1 aliphatic heterocycles. The van der Waals surface area contributed by atoms with Gasteiger partial charge >= 0.3 is 27.4 Å². The number of hydrogen-bond acceptors (Lipinski definition) is 6. The van der Waals surface area contributed by atoms with Gasteiger partial charge in [-0.05, 0) is 18.8 Å². The van der Waals surface area contributed by atoms with Crippen molar-refractivity contribution in [1.82, 2.24) is 5.32 Å². The van der Waals surface area contributed by atoms with Gasteiger partial charge in [-0.2, -0.15) is 17.2 Å². The molecule has 5 atom stereocenters. The Kier molecular flexibility index (Phi) is 3.33. The van der Waals surface area contributed by atoms with Crippen molar-refractivity contribution in [3.05, 3.63) is 0 Å². The van der Waals surface area contributed by atoms with E-state index in [1.54, 1.807) is 0 Å². The lowest BCUT2D eigenvalue weighted by Crippen LogP contribution is -2.47. The molecule has 0 aromatic carbocycles. The van der Waals surface area contributed by atoms with Gasteiger partial charge in [0.1, 0.15) is 6.10 Å². The molecule has 1 amide bonds. The zero-order valence-electron chi connectivity index (χ0n) is 11.1. The number of carbonyl (C=O) groups is 2. The number of alkyl carbamates (subject to hydrolysis) is 1. The molecule has 0 radical (unpaired) electrons. The highest BCUT2D eigenvalue weighted by molar-refractivity contribution is 7.86. The van der Waals surface area contributed by atoms with Crippen molar-refractivity contribution in [2.24, 2.45) is 17.8 Å². The van der Waals surface area contributed by atoms with Crippen molar-refractivity contribution in [3.63, 3.8) is 0 Å². The van der Waals surface area contributed by atoms with E-state index in [9.17, 15) is 26.8 Å². The second-order valence-corrected chi connectivity index (χ2v) is 7.31. The van der Waals surface area contributed by atoms with Crippen molar-refractivity contribution < 1.29 is 40.8 Å². The fourth-order valence-electron chi connectivity index (χ4n) is 3.56. The van der Waals surface area contributed by atoms with Crippen LogP contribution in [-0.2, 0) is 24.4 Å². The topological polar surface area (TPSA) is 119 Å². The molecule has 0 spiro atoms. The number of hydrogen-bond donors (Lipinski definition) is 2. The molecule has 124 valence electrons. The highest BCUT2D eigenvalue weighted by Crippen LogP contribution is 2.54. The minimum atomic E-state index is -5.66. The first-order valence-electron chi connectivity index (χ1n) is 6.59. The molecule has 8 nitrogen and oxygen atoms in total. The molecule has 2 aliphatic carbocycles. The Morgan fingerprint density at radius 3 is 2.77 bits per heavy atom. The third-order valence-electron chi connectivity index (χ3n) is 4.52. The van der Waals surface area contributed by atoms with Crippen LogP contribution in [0.25, 0.3) is 0 Å². The lowest BCUT2D eigenvalue weighted by molar-refractivity contribution is -0.143. The Bertz CT molecular complexity index is 622. The SMILES string of the molecule is O=C(NC1C2CC3C(=O)OC1C3C2)OCC(F)(F)S(=O)(=O)O. The third kappa shape index (κ3) is 2.32. The van der Waals surface area contributed by atoms with Crippen molar-refractivity contribution in [3.8, 4) is 0 Å². The van der Waals surface area contributed by atoms with Gasteiger partial charge in [-0.15, -0.1) is 0 Å². The average molecular weight is 341 g/mol. The number of rotatable bonds is 4. The van der Waals surface area contributed by atoms with E-state index in [-0.39, 0.29) is 23.7 Å². The van der Waals surface area contributed by atoms with Crippen LogP contribution < -0.4 is 5.32 Å². The van der Waals surface area contributed by atoms with Gasteiger partial charge in [0.2, 0.25) is 0 Å². The fourth-order valence-corrected chi connectivity index (χ4v) is 3.76. The highest BCUT2D eigenvalue weighted by Gasteiger charge is 2.62. The Labute approximate surface area is 123 Å². The van der Waals surface area contributed by atoms with Crippen LogP contribution in [0.15, 0.2) is 0 Å². The zero-order valence-corrected chi connectivity index (χ0v) is 11.9. The second-order valence-electron chi connectivity index (χ2n) is 5.76. The Morgan fingerprint density at radius 1 is 1.45 bits per heavy atom. The summed E-state index contributed by atoms with van der Waals surface area (Å²) in [4.78, 5) is 23.1. The van der Waals surface area contributed by atoms with Gasteiger partial charge < -0.3 is 14.8 Å². The number of amides is 1. The fraction of sp³-hybridized carbons (Fsp3) is 0.818. The maximum atomic E-state index is 12.9. The molecule has 22 heavy (non-hydrogen) atoms. The Morgan fingerprint density at radius 2 is 2.14 bits per heavy atom. The Balaban J connectivity index is 1.57. The number of halogens is 2. The first kappa shape index (κ1) is 15.4. The standard InChI is InChI=1S/C11H13F2NO7S/c12-11(13,22(17,18)19)3-20-10(16)14-7-4-1-5-6(2-4)9(15)21-8(5)7/h4-8H,1-3H2,(H,14,16)(H,17,18,19). The van der Waals surface area contributed by atoms with E-state index in [0.29, 0.717) is 12.8 Å². The number of esters is 1. The summed E-state index contributed by atoms with van der Waals surface area (Å²) in [6, 6.07) is -0.528. The highest BCUT2D eigenvalue weighted by atomic mass is 32.2. The summed E-state index contributed by atoms with van der Waals surface area (Å²) in [6.45, 7) is -1.80. The molecule has 2 saturated carbocycles. The molecule has 2 bridgehead atoms. The molecule has 0 aromatic rings. The summed E-state index contributed by atoms with van der Waals surface area (Å²) in [7, 11) is -5.66. The molecule has 1 saturated heterocycles. The number of fused-ring (bicyclic) bond motifs is 1. The van der Waals surface area contributed by atoms with Gasteiger partial charge in [0.05, 0.1) is 12.0 Å². The molecule has 3 rings (SSSR count). The van der Waals surface area contributed by atoms with Crippen LogP contribution in [0.1, 0.15) is 12.8 Å². The molecular weight excluding hydrogens is 328 g/mol. The van der Waals surface area contributed by atoms with Crippen molar-refractivity contribution in [1.29, 1.82) is 0 Å². The largest absolute Gasteiger partial charge is 0.460 e. The lowest BCUT2D eigenvalue weighted by Gasteiger charge is -2.26. The monoisotopic (exact) mass is 341 g/mol. The molecule has 0 aromatic heterocycles. The van der Waals surface area contributed by atoms with E-state index >= 15 is 0 Å². The molecule has 3 aliphatic rings. The zero-order chi connectivity index (χ0) is 16.3. The van der Waals surface area contributed by atoms with Crippen LogP contribution in [0.2, 0.25) is 0 Å². The second kappa shape index (κ2) is 4.75. The van der Waals surface area contributed by atoms with Crippen molar-refractivity contribution >= 4 is 22.2 Å². The quantitative estimate of drug-likeness (QED) is 0.551. The van der Waals surface area contributed by atoms with E-state index in [0.717, 1.165) is 0 Å². The predicted molar refractivity (Wildman–Crippen MR) is 64.4 cm³/mol. The summed E-state index contributed by atoms with van der Waals surface area (Å²) < 4.78 is 64.3. The first-order chi connectivity index (χ1) is 10.1. The van der Waals surface area contributed by atoms with E-state index < -0.39 is 40.2 Å². The lowest BCUT2D eigenvalue weighted by atomic mass is 9.87. The smallest absolute Gasteiger partial charge is 0.407 e. The Hall–Kier alpha value is -1.49. The minimum Gasteiger partial charge on any atom is -0.460 e. The summed E-state index contributed by atoms with van der Waals surface area (Å²) in [5, 5.41) is -2.25. The van der Waals surface area contributed by atoms with Gasteiger partial charge in [-0.25, -0.2) is 4.79 Å². The predicted octanol–water partition coefficient (Wildman–Crippen LogP) is 0.143. The first-order valence-corrected chi connectivity index (χ1v) is 8.03. The number of nitrogens with one attached hydrogen (secondary N) is 1. The maximum Gasteiger partial charge on any atom is 0.407 e. The van der Waals surface area contributed by atoms with E-state index in [1.807, 2.05) is 0 Å². The van der Waals surface area contributed by atoms with Crippen LogP contribution in [0.4, 0.5) is 13.6 Å². The van der Waals surface area contributed by atoms with Gasteiger partial charge in [0.15, 0.2) is 6.61 Å². The van der Waals surface area contributed by atoms with Crippen molar-refractivity contribution in [2.45, 2.75) is 30.2 Å². The van der Waals surface area contributed by atoms with Gasteiger partial charge in [-0.1, -0.05) is 0 Å².